The average Bonchev–Trinajstić information content (AvgIpc) is 3.24. The summed E-state index contributed by atoms with van der Waals surface area (Å²) in [7, 11) is 0. The molecule has 1 aromatic heterocycles. The summed E-state index contributed by atoms with van der Waals surface area (Å²) in [4.78, 5) is 12.6. The molecule has 0 spiro atoms. The fraction of sp³-hybridized carbons (Fsp3) is 0.524. The zero-order valence-electron chi connectivity index (χ0n) is 16.5. The number of rotatable bonds is 6. The molecule has 0 N–H and O–H groups in total. The monoisotopic (exact) mass is 495 g/mol. The Labute approximate surface area is 201 Å². The summed E-state index contributed by atoms with van der Waals surface area (Å²) in [6.07, 6.45) is 1.70. The molecule has 3 unspecified atom stereocenters. The molecular weight excluding hydrogens is 471 g/mol. The number of nitro groups is 1. The van der Waals surface area contributed by atoms with Gasteiger partial charge in [0.05, 0.1) is 11.5 Å². The van der Waals surface area contributed by atoms with Crippen LogP contribution < -0.4 is 0 Å². The van der Waals surface area contributed by atoms with Crippen LogP contribution in [0.2, 0.25) is 0 Å². The van der Waals surface area contributed by atoms with E-state index in [1.165, 1.54) is 0 Å². The van der Waals surface area contributed by atoms with E-state index >= 15 is 0 Å². The Morgan fingerprint density at radius 2 is 2.07 bits per heavy atom. The smallest absolute Gasteiger partial charge is 0.273 e. The molecule has 1 saturated carbocycles. The van der Waals surface area contributed by atoms with E-state index in [1.807, 2.05) is 24.3 Å². The molecule has 1 aromatic carbocycles. The minimum atomic E-state index is -0.258. The van der Waals surface area contributed by atoms with Gasteiger partial charge in [0, 0.05) is 62.2 Å². The van der Waals surface area contributed by atoms with Crippen LogP contribution in [0.3, 0.4) is 0 Å². The van der Waals surface area contributed by atoms with Crippen LogP contribution in [0.5, 0.6) is 0 Å². The van der Waals surface area contributed by atoms with Crippen molar-refractivity contribution in [2.45, 2.75) is 56.9 Å². The van der Waals surface area contributed by atoms with Crippen LogP contribution in [-0.4, -0.2) is 16.9 Å². The maximum atomic E-state index is 11.8. The van der Waals surface area contributed by atoms with Crippen LogP contribution in [0, 0.1) is 21.4 Å². The van der Waals surface area contributed by atoms with Crippen molar-refractivity contribution in [2.24, 2.45) is 5.92 Å². The van der Waals surface area contributed by atoms with Crippen molar-refractivity contribution < 1.29 is 42.4 Å². The van der Waals surface area contributed by atoms with E-state index in [0.29, 0.717) is 13.2 Å². The number of hydrogen-bond donors (Lipinski definition) is 0. The third-order valence-corrected chi connectivity index (χ3v) is 6.62. The van der Waals surface area contributed by atoms with E-state index in [0.717, 1.165) is 28.8 Å². The van der Waals surface area contributed by atoms with Crippen LogP contribution >= 0.6 is 22.9 Å². The number of halogens is 1. The molecule has 4 nitrogen and oxygen atoms in total. The van der Waals surface area contributed by atoms with E-state index in [9.17, 15) is 10.1 Å². The van der Waals surface area contributed by atoms with Gasteiger partial charge in [0.15, 0.2) is 0 Å². The van der Waals surface area contributed by atoms with Gasteiger partial charge in [0.25, 0.3) is 5.69 Å². The largest absolute Gasteiger partial charge is 0.389 e. The Hall–Kier alpha value is -0.326. The number of benzene rings is 1. The molecule has 1 heterocycles. The average molecular weight is 496 g/mol. The molecule has 0 bridgehead atoms. The van der Waals surface area contributed by atoms with E-state index in [2.05, 4.69) is 26.2 Å². The summed E-state index contributed by atoms with van der Waals surface area (Å²) < 4.78 is 5.90. The molecule has 0 aliphatic heterocycles. The van der Waals surface area contributed by atoms with Crippen molar-refractivity contribution in [1.82, 2.24) is 0 Å². The summed E-state index contributed by atoms with van der Waals surface area (Å²) in [6, 6.07) is 9.55. The van der Waals surface area contributed by atoms with Gasteiger partial charge in [-0.1, -0.05) is 32.9 Å². The van der Waals surface area contributed by atoms with Gasteiger partial charge < -0.3 is 4.74 Å². The van der Waals surface area contributed by atoms with Crippen molar-refractivity contribution >= 4 is 28.6 Å². The van der Waals surface area contributed by atoms with Gasteiger partial charge in [0.1, 0.15) is 0 Å². The summed E-state index contributed by atoms with van der Waals surface area (Å²) in [6.45, 7) is 7.24. The number of nitro benzene ring substituents is 1. The third kappa shape index (κ3) is 5.63. The number of hydrogen-bond acceptors (Lipinski definition) is 4. The maximum Gasteiger partial charge on any atom is 0.273 e. The van der Waals surface area contributed by atoms with Crippen LogP contribution in [0.25, 0.3) is 0 Å². The molecule has 2 aromatic rings. The fourth-order valence-electron chi connectivity index (χ4n) is 3.75. The standard InChI is InChI=1S/C21H25ClNO3S.Y/c1-21(2,3)14-6-7-17(20(11-14)23(24)25)16-8-9-19(22)18(16)13-26-12-15-5-4-10-27-15;/h4-7,11,16,18-19H,8-9,12-13H2,1-3H3;/q-1;. The predicted octanol–water partition coefficient (Wildman–Crippen LogP) is 6.07. The Balaban J connectivity index is 0.00000280. The normalized spacial score (nSPS) is 22.1. The zero-order chi connectivity index (χ0) is 19.6. The van der Waals surface area contributed by atoms with Crippen LogP contribution in [0.15, 0.2) is 30.3 Å². The molecule has 0 saturated heterocycles. The molecular formula is C21H25ClNO3SY-. The Kier molecular flexibility index (Phi) is 8.66. The molecule has 28 heavy (non-hydrogen) atoms. The zero-order valence-corrected chi connectivity index (χ0v) is 20.9. The van der Waals surface area contributed by atoms with Gasteiger partial charge in [-0.15, -0.1) is 21.9 Å². The molecule has 0 amide bonds. The molecule has 3 atom stereocenters. The van der Waals surface area contributed by atoms with E-state index in [-0.39, 0.29) is 65.9 Å². The van der Waals surface area contributed by atoms with Crippen LogP contribution in [-0.2, 0) is 49.5 Å². The van der Waals surface area contributed by atoms with E-state index < -0.39 is 0 Å². The van der Waals surface area contributed by atoms with Crippen molar-refractivity contribution in [3.63, 3.8) is 0 Å². The second kappa shape index (κ2) is 10.1. The van der Waals surface area contributed by atoms with Crippen molar-refractivity contribution in [3.8, 4) is 0 Å². The number of ether oxygens (including phenoxy) is 1. The second-order valence-electron chi connectivity index (χ2n) is 8.18. The molecule has 1 aliphatic carbocycles. The van der Waals surface area contributed by atoms with Crippen LogP contribution in [0.4, 0.5) is 5.69 Å². The minimum absolute atomic E-state index is 0. The Bertz CT molecular complexity index is 791. The summed E-state index contributed by atoms with van der Waals surface area (Å²) >= 11 is 8.11. The predicted molar refractivity (Wildman–Crippen MR) is 110 cm³/mol. The first-order valence-corrected chi connectivity index (χ1v) is 10.5. The first-order chi connectivity index (χ1) is 12.8. The van der Waals surface area contributed by atoms with Gasteiger partial charge >= 0.3 is 0 Å². The molecule has 7 heteroatoms. The van der Waals surface area contributed by atoms with E-state index in [4.69, 9.17) is 16.3 Å². The van der Waals surface area contributed by atoms with Crippen LogP contribution in [0.1, 0.15) is 55.5 Å². The fourth-order valence-corrected chi connectivity index (χ4v) is 4.69. The van der Waals surface area contributed by atoms with Crippen molar-refractivity contribution in [1.29, 1.82) is 0 Å². The van der Waals surface area contributed by atoms with Crippen molar-refractivity contribution in [2.75, 3.05) is 6.61 Å². The first-order valence-electron chi connectivity index (χ1n) is 9.22. The molecule has 1 aliphatic rings. The number of thiophene rings is 1. The maximum absolute atomic E-state index is 11.8. The van der Waals surface area contributed by atoms with Gasteiger partial charge in [0.2, 0.25) is 0 Å². The summed E-state index contributed by atoms with van der Waals surface area (Å²) in [5, 5.41) is 14.8. The first kappa shape index (κ1) is 23.9. The SMILES string of the molecule is CC(C)(C)c1ccc(C2CCC(Cl)C2COCc2cc[c-]s2)c([N+](=O)[O-])c1.[Y]. The quantitative estimate of drug-likeness (QED) is 0.211. The number of alkyl halides is 1. The second-order valence-corrected chi connectivity index (χ2v) is 9.70. The summed E-state index contributed by atoms with van der Waals surface area (Å²) in [5.41, 5.74) is 1.83. The van der Waals surface area contributed by atoms with Gasteiger partial charge in [-0.25, -0.2) is 0 Å². The van der Waals surface area contributed by atoms with Crippen molar-refractivity contribution in [3.05, 3.63) is 61.8 Å². The Morgan fingerprint density at radius 1 is 1.32 bits per heavy atom. The summed E-state index contributed by atoms with van der Waals surface area (Å²) in [5.74, 6) is 0.131. The molecule has 1 fully saturated rings. The number of nitrogens with zero attached hydrogens (tertiary/aromatic N) is 1. The minimum Gasteiger partial charge on any atom is -0.389 e. The van der Waals surface area contributed by atoms with Gasteiger partial charge in [-0.2, -0.15) is 12.1 Å². The van der Waals surface area contributed by atoms with E-state index in [1.54, 1.807) is 17.4 Å². The molecule has 1 radical (unpaired) electrons. The van der Waals surface area contributed by atoms with Gasteiger partial charge in [-0.05, 0) is 29.7 Å². The Morgan fingerprint density at radius 3 is 2.68 bits per heavy atom. The molecule has 149 valence electrons. The van der Waals surface area contributed by atoms with Gasteiger partial charge in [-0.3, -0.25) is 21.5 Å². The third-order valence-electron chi connectivity index (χ3n) is 5.31. The molecule has 3 rings (SSSR count). The topological polar surface area (TPSA) is 52.4 Å².